The molecule has 0 bridgehead atoms. The smallest absolute Gasteiger partial charge is 0.256 e. The first-order valence-corrected chi connectivity index (χ1v) is 10.8. The molecule has 0 spiro atoms. The summed E-state index contributed by atoms with van der Waals surface area (Å²) >= 11 is 0. The second-order valence-electron chi connectivity index (χ2n) is 8.45. The van der Waals surface area contributed by atoms with Crippen LogP contribution in [0.25, 0.3) is 0 Å². The highest BCUT2D eigenvalue weighted by atomic mass is 16.3. The van der Waals surface area contributed by atoms with E-state index >= 15 is 0 Å². The number of para-hydroxylation sites is 2. The number of carbonyl (C=O) groups is 1. The number of rotatable bonds is 4. The van der Waals surface area contributed by atoms with Crippen molar-refractivity contribution < 1.29 is 9.90 Å². The summed E-state index contributed by atoms with van der Waals surface area (Å²) in [5.41, 5.74) is 4.70. The van der Waals surface area contributed by atoms with Gasteiger partial charge in [0.05, 0.1) is 17.3 Å². The molecule has 3 atom stereocenters. The third kappa shape index (κ3) is 3.48. The molecule has 3 aromatic rings. The van der Waals surface area contributed by atoms with E-state index in [9.17, 15) is 9.90 Å². The molecule has 0 radical (unpaired) electrons. The second kappa shape index (κ2) is 7.95. The molecule has 2 aliphatic rings. The number of nitrogens with one attached hydrogen (secondary N) is 1. The van der Waals surface area contributed by atoms with Gasteiger partial charge in [0.25, 0.3) is 5.91 Å². The molecular formula is C27H26N2O2. The molecule has 0 saturated heterocycles. The summed E-state index contributed by atoms with van der Waals surface area (Å²) in [6.45, 7) is 0.554. The Kier molecular flexibility index (Phi) is 4.99. The van der Waals surface area contributed by atoms with Gasteiger partial charge in [-0.1, -0.05) is 72.8 Å². The number of hydrogen-bond acceptors (Lipinski definition) is 3. The monoisotopic (exact) mass is 410 g/mol. The lowest BCUT2D eigenvalue weighted by Gasteiger charge is -2.38. The summed E-state index contributed by atoms with van der Waals surface area (Å²) in [5.74, 6) is 0.824. The van der Waals surface area contributed by atoms with Gasteiger partial charge in [0.1, 0.15) is 5.75 Å². The Bertz CT molecular complexity index is 1140. The Morgan fingerprint density at radius 1 is 1.00 bits per heavy atom. The summed E-state index contributed by atoms with van der Waals surface area (Å²) < 4.78 is 0. The molecule has 31 heavy (non-hydrogen) atoms. The van der Waals surface area contributed by atoms with Crippen LogP contribution in [0.5, 0.6) is 5.75 Å². The molecule has 5 rings (SSSR count). The molecule has 1 amide bonds. The van der Waals surface area contributed by atoms with Crippen LogP contribution in [-0.2, 0) is 6.54 Å². The Labute approximate surface area is 182 Å². The lowest BCUT2D eigenvalue weighted by Crippen LogP contribution is -2.32. The van der Waals surface area contributed by atoms with Gasteiger partial charge in [-0.3, -0.25) is 4.79 Å². The minimum atomic E-state index is -0.0536. The summed E-state index contributed by atoms with van der Waals surface area (Å²) in [7, 11) is 1.84. The fourth-order valence-electron chi connectivity index (χ4n) is 4.99. The lowest BCUT2D eigenvalue weighted by molar-refractivity contribution is 0.0785. The predicted octanol–water partition coefficient (Wildman–Crippen LogP) is 5.49. The maximum absolute atomic E-state index is 13.4. The van der Waals surface area contributed by atoms with Crippen LogP contribution in [0.3, 0.4) is 0 Å². The molecular weight excluding hydrogens is 384 g/mol. The molecule has 0 saturated carbocycles. The van der Waals surface area contributed by atoms with E-state index in [2.05, 4.69) is 23.5 Å². The number of phenols is 1. The number of carbonyl (C=O) groups excluding carboxylic acids is 1. The van der Waals surface area contributed by atoms with Crippen LogP contribution in [-0.4, -0.2) is 23.0 Å². The third-order valence-corrected chi connectivity index (χ3v) is 6.51. The zero-order valence-corrected chi connectivity index (χ0v) is 17.5. The number of hydrogen-bond donors (Lipinski definition) is 2. The van der Waals surface area contributed by atoms with E-state index in [0.717, 1.165) is 28.8 Å². The average molecular weight is 411 g/mol. The highest BCUT2D eigenvalue weighted by molar-refractivity contribution is 6.00. The van der Waals surface area contributed by atoms with E-state index in [1.54, 1.807) is 11.0 Å². The number of amides is 1. The highest BCUT2D eigenvalue weighted by Crippen LogP contribution is 2.51. The molecule has 0 aromatic heterocycles. The Hall–Kier alpha value is -3.53. The maximum Gasteiger partial charge on any atom is 0.256 e. The van der Waals surface area contributed by atoms with E-state index in [1.807, 2.05) is 67.7 Å². The van der Waals surface area contributed by atoms with Gasteiger partial charge in [-0.05, 0) is 35.6 Å². The Balaban J connectivity index is 1.52. The van der Waals surface area contributed by atoms with Gasteiger partial charge >= 0.3 is 0 Å². The number of anilines is 1. The van der Waals surface area contributed by atoms with Crippen molar-refractivity contribution in [1.82, 2.24) is 4.90 Å². The summed E-state index contributed by atoms with van der Waals surface area (Å²) in [6.07, 6.45) is 5.41. The van der Waals surface area contributed by atoms with Crippen LogP contribution in [0, 0.1) is 5.92 Å². The number of allylic oxidation sites excluding steroid dienone is 2. The zero-order valence-electron chi connectivity index (χ0n) is 17.5. The first-order valence-electron chi connectivity index (χ1n) is 10.8. The first kappa shape index (κ1) is 19.4. The molecule has 3 aromatic carbocycles. The fraction of sp³-hybridized carbons (Fsp3) is 0.222. The van der Waals surface area contributed by atoms with Crippen LogP contribution in [0.15, 0.2) is 84.9 Å². The van der Waals surface area contributed by atoms with Crippen LogP contribution in [0.4, 0.5) is 5.69 Å². The molecule has 3 unspecified atom stereocenters. The zero-order chi connectivity index (χ0) is 21.4. The molecule has 1 aliphatic carbocycles. The van der Waals surface area contributed by atoms with Crippen molar-refractivity contribution in [2.75, 3.05) is 12.4 Å². The molecule has 1 aliphatic heterocycles. The number of nitrogens with zero attached hydrogens (tertiary/aromatic N) is 1. The second-order valence-corrected chi connectivity index (χ2v) is 8.45. The van der Waals surface area contributed by atoms with Gasteiger partial charge in [-0.15, -0.1) is 0 Å². The van der Waals surface area contributed by atoms with Gasteiger partial charge in [0.15, 0.2) is 0 Å². The van der Waals surface area contributed by atoms with Crippen molar-refractivity contribution in [1.29, 1.82) is 0 Å². The van der Waals surface area contributed by atoms with Crippen LogP contribution in [0.1, 0.15) is 45.4 Å². The minimum absolute atomic E-state index is 0.00957. The highest BCUT2D eigenvalue weighted by Gasteiger charge is 2.40. The third-order valence-electron chi connectivity index (χ3n) is 6.51. The number of fused-ring (bicyclic) bond motifs is 3. The van der Waals surface area contributed by atoms with Crippen LogP contribution in [0.2, 0.25) is 0 Å². The van der Waals surface area contributed by atoms with Gasteiger partial charge in [0.2, 0.25) is 0 Å². The largest absolute Gasteiger partial charge is 0.508 e. The molecule has 156 valence electrons. The Morgan fingerprint density at radius 3 is 2.55 bits per heavy atom. The normalized spacial score (nSPS) is 21.1. The molecule has 4 nitrogen and oxygen atoms in total. The van der Waals surface area contributed by atoms with Crippen LogP contribution < -0.4 is 5.32 Å². The molecule has 2 N–H and O–H groups in total. The molecule has 4 heteroatoms. The van der Waals surface area contributed by atoms with Crippen molar-refractivity contribution in [2.24, 2.45) is 5.92 Å². The van der Waals surface area contributed by atoms with Gasteiger partial charge in [0, 0.05) is 25.1 Å². The topological polar surface area (TPSA) is 52.6 Å². The average Bonchev–Trinajstić information content (AvgIpc) is 3.29. The van der Waals surface area contributed by atoms with Crippen molar-refractivity contribution in [3.05, 3.63) is 107 Å². The van der Waals surface area contributed by atoms with Gasteiger partial charge in [-0.25, -0.2) is 0 Å². The minimum Gasteiger partial charge on any atom is -0.508 e. The Morgan fingerprint density at radius 2 is 1.74 bits per heavy atom. The fourth-order valence-corrected chi connectivity index (χ4v) is 4.99. The molecule has 1 heterocycles. The van der Waals surface area contributed by atoms with E-state index in [-0.39, 0.29) is 17.9 Å². The van der Waals surface area contributed by atoms with Crippen molar-refractivity contribution in [2.45, 2.75) is 24.9 Å². The van der Waals surface area contributed by atoms with Gasteiger partial charge in [-0.2, -0.15) is 0 Å². The first-order chi connectivity index (χ1) is 15.1. The van der Waals surface area contributed by atoms with Crippen molar-refractivity contribution >= 4 is 11.6 Å². The maximum atomic E-state index is 13.4. The van der Waals surface area contributed by atoms with Crippen molar-refractivity contribution in [3.63, 3.8) is 0 Å². The summed E-state index contributed by atoms with van der Waals surface area (Å²) in [6, 6.07) is 23.5. The van der Waals surface area contributed by atoms with Crippen molar-refractivity contribution in [3.8, 4) is 5.75 Å². The lowest BCUT2D eigenvalue weighted by atomic mass is 9.76. The predicted molar refractivity (Wildman–Crippen MR) is 123 cm³/mol. The standard InChI is InChI=1S/C27H26N2O2/c1-29(17-18-9-3-2-4-10-18)27(31)23-15-8-14-21-19-12-7-13-20(19)25(28-26(21)23)22-11-5-6-16-24(22)30/h2-12,14-16,19-20,25,28,30H,13,17H2,1H3. The quantitative estimate of drug-likeness (QED) is 0.559. The van der Waals surface area contributed by atoms with Gasteiger partial charge < -0.3 is 15.3 Å². The molecule has 0 fully saturated rings. The number of benzene rings is 3. The van der Waals surface area contributed by atoms with E-state index in [4.69, 9.17) is 0 Å². The SMILES string of the molecule is CN(Cc1ccccc1)C(=O)c1cccc2c1NC(c1ccccc1O)C1CC=CC21. The van der Waals surface area contributed by atoms with E-state index in [1.165, 1.54) is 0 Å². The van der Waals surface area contributed by atoms with Crippen LogP contribution >= 0.6 is 0 Å². The summed E-state index contributed by atoms with van der Waals surface area (Å²) in [4.78, 5) is 15.2. The van der Waals surface area contributed by atoms with E-state index in [0.29, 0.717) is 23.8 Å². The number of aromatic hydroxyl groups is 1. The van der Waals surface area contributed by atoms with E-state index < -0.39 is 0 Å². The summed E-state index contributed by atoms with van der Waals surface area (Å²) in [5, 5.41) is 14.2. The number of phenolic OH excluding ortho intramolecular Hbond substituents is 1.